The van der Waals surface area contributed by atoms with Gasteiger partial charge in [-0.2, -0.15) is 24.9 Å². The molecule has 1 N–H and O–H groups in total. The molecular formula is C11H20F3NS. The van der Waals surface area contributed by atoms with Gasteiger partial charge in [0.2, 0.25) is 0 Å². The summed E-state index contributed by atoms with van der Waals surface area (Å²) in [5.41, 5.74) is 0. The Balaban J connectivity index is 1.95. The molecule has 0 amide bonds. The maximum atomic E-state index is 12.2. The van der Waals surface area contributed by atoms with E-state index in [0.29, 0.717) is 12.5 Å². The highest BCUT2D eigenvalue weighted by Gasteiger charge is 2.34. The monoisotopic (exact) mass is 255 g/mol. The Kier molecular flexibility index (Phi) is 5.97. The van der Waals surface area contributed by atoms with E-state index in [1.165, 1.54) is 19.8 Å². The summed E-state index contributed by atoms with van der Waals surface area (Å²) < 4.78 is 36.6. The van der Waals surface area contributed by atoms with Gasteiger partial charge in [0.05, 0.1) is 5.92 Å². The number of hydrogen-bond donors (Lipinski definition) is 1. The van der Waals surface area contributed by atoms with Crippen molar-refractivity contribution in [1.29, 1.82) is 0 Å². The summed E-state index contributed by atoms with van der Waals surface area (Å²) in [5.74, 6) is 0.733. The first kappa shape index (κ1) is 14.2. The number of nitrogens with one attached hydrogen (secondary N) is 1. The Morgan fingerprint density at radius 1 is 1.44 bits per heavy atom. The summed E-state index contributed by atoms with van der Waals surface area (Å²) in [6, 6.07) is 0.588. The van der Waals surface area contributed by atoms with Gasteiger partial charge >= 0.3 is 6.18 Å². The van der Waals surface area contributed by atoms with Crippen molar-refractivity contribution in [3.8, 4) is 0 Å². The van der Waals surface area contributed by atoms with E-state index in [4.69, 9.17) is 0 Å². The number of halogens is 3. The molecule has 16 heavy (non-hydrogen) atoms. The van der Waals surface area contributed by atoms with Gasteiger partial charge in [0.25, 0.3) is 0 Å². The minimum Gasteiger partial charge on any atom is -0.313 e. The second-order valence-electron chi connectivity index (χ2n) is 4.45. The lowest BCUT2D eigenvalue weighted by molar-refractivity contribution is -0.171. The van der Waals surface area contributed by atoms with Gasteiger partial charge in [-0.3, -0.25) is 0 Å². The molecule has 0 bridgehead atoms. The van der Waals surface area contributed by atoms with Crippen molar-refractivity contribution >= 4 is 11.8 Å². The minimum absolute atomic E-state index is 0.259. The van der Waals surface area contributed by atoms with Crippen LogP contribution in [-0.4, -0.2) is 30.3 Å². The predicted molar refractivity (Wildman–Crippen MR) is 62.8 cm³/mol. The molecule has 0 aromatic heterocycles. The van der Waals surface area contributed by atoms with Crippen molar-refractivity contribution < 1.29 is 13.2 Å². The fourth-order valence-electron chi connectivity index (χ4n) is 1.78. The zero-order chi connectivity index (χ0) is 12.0. The van der Waals surface area contributed by atoms with Crippen LogP contribution in [0.3, 0.4) is 0 Å². The predicted octanol–water partition coefficient (Wildman–Crippen LogP) is 3.45. The van der Waals surface area contributed by atoms with Crippen LogP contribution in [0.15, 0.2) is 0 Å². The Hall–Kier alpha value is 0.100. The Morgan fingerprint density at radius 3 is 2.75 bits per heavy atom. The lowest BCUT2D eigenvalue weighted by atomic mass is 10.1. The highest BCUT2D eigenvalue weighted by molar-refractivity contribution is 7.99. The molecule has 1 heterocycles. The molecule has 1 rings (SSSR count). The van der Waals surface area contributed by atoms with E-state index in [0.717, 1.165) is 18.1 Å². The number of rotatable bonds is 6. The van der Waals surface area contributed by atoms with Gasteiger partial charge in [0.1, 0.15) is 0 Å². The van der Waals surface area contributed by atoms with E-state index in [9.17, 15) is 13.2 Å². The second-order valence-corrected chi connectivity index (χ2v) is 5.60. The topological polar surface area (TPSA) is 12.0 Å². The Morgan fingerprint density at radius 2 is 2.19 bits per heavy atom. The Bertz CT molecular complexity index is 190. The van der Waals surface area contributed by atoms with Crippen LogP contribution >= 0.6 is 11.8 Å². The zero-order valence-corrected chi connectivity index (χ0v) is 10.5. The molecule has 96 valence electrons. The first-order valence-electron chi connectivity index (χ1n) is 5.88. The van der Waals surface area contributed by atoms with E-state index in [2.05, 4.69) is 5.32 Å². The summed E-state index contributed by atoms with van der Waals surface area (Å²) in [5, 5.41) is 3.38. The van der Waals surface area contributed by atoms with E-state index in [1.807, 2.05) is 0 Å². The van der Waals surface area contributed by atoms with Crippen molar-refractivity contribution in [1.82, 2.24) is 5.32 Å². The third-order valence-corrected chi connectivity index (χ3v) is 4.18. The molecule has 0 aromatic rings. The fourth-order valence-corrected chi connectivity index (χ4v) is 2.89. The second kappa shape index (κ2) is 6.74. The van der Waals surface area contributed by atoms with Crippen LogP contribution in [0.4, 0.5) is 13.2 Å². The SMILES string of the molecule is CC(CCCSC[C@@H]1CCCN1)C(F)(F)F. The van der Waals surface area contributed by atoms with Gasteiger partial charge in [0.15, 0.2) is 0 Å². The lowest BCUT2D eigenvalue weighted by Gasteiger charge is -2.15. The first-order valence-corrected chi connectivity index (χ1v) is 7.03. The smallest absolute Gasteiger partial charge is 0.313 e. The molecule has 1 fully saturated rings. The van der Waals surface area contributed by atoms with Crippen LogP contribution < -0.4 is 5.32 Å². The molecule has 1 aliphatic heterocycles. The first-order chi connectivity index (χ1) is 7.50. The zero-order valence-electron chi connectivity index (χ0n) is 9.65. The molecule has 1 nitrogen and oxygen atoms in total. The van der Waals surface area contributed by atoms with Gasteiger partial charge in [-0.25, -0.2) is 0 Å². The van der Waals surface area contributed by atoms with Gasteiger partial charge < -0.3 is 5.32 Å². The Labute approximate surface area is 99.6 Å². The molecule has 1 saturated heterocycles. The quantitative estimate of drug-likeness (QED) is 0.730. The average molecular weight is 255 g/mol. The summed E-state index contributed by atoms with van der Waals surface area (Å²) >= 11 is 1.77. The van der Waals surface area contributed by atoms with Gasteiger partial charge in [-0.15, -0.1) is 0 Å². The summed E-state index contributed by atoms with van der Waals surface area (Å²) in [7, 11) is 0. The van der Waals surface area contributed by atoms with E-state index in [-0.39, 0.29) is 6.42 Å². The third kappa shape index (κ3) is 5.43. The maximum absolute atomic E-state index is 12.2. The largest absolute Gasteiger partial charge is 0.391 e. The van der Waals surface area contributed by atoms with Crippen LogP contribution in [0, 0.1) is 5.92 Å². The van der Waals surface area contributed by atoms with Crippen molar-refractivity contribution in [2.24, 2.45) is 5.92 Å². The molecule has 0 radical (unpaired) electrons. The molecule has 2 atom stereocenters. The van der Waals surface area contributed by atoms with Crippen LogP contribution in [0.5, 0.6) is 0 Å². The molecule has 0 aliphatic carbocycles. The summed E-state index contributed by atoms with van der Waals surface area (Å²) in [6.45, 7) is 2.36. The fraction of sp³-hybridized carbons (Fsp3) is 1.00. The molecule has 5 heteroatoms. The third-order valence-electron chi connectivity index (χ3n) is 2.97. The van der Waals surface area contributed by atoms with Crippen molar-refractivity contribution in [2.45, 2.75) is 44.8 Å². The lowest BCUT2D eigenvalue weighted by Crippen LogP contribution is -2.24. The van der Waals surface area contributed by atoms with Crippen molar-refractivity contribution in [2.75, 3.05) is 18.1 Å². The van der Waals surface area contributed by atoms with Crippen LogP contribution in [0.25, 0.3) is 0 Å². The number of hydrogen-bond acceptors (Lipinski definition) is 2. The molecule has 1 aliphatic rings. The minimum atomic E-state index is -4.02. The molecule has 1 unspecified atom stereocenters. The van der Waals surface area contributed by atoms with E-state index in [1.54, 1.807) is 11.8 Å². The average Bonchev–Trinajstić information content (AvgIpc) is 2.68. The van der Waals surface area contributed by atoms with Crippen LogP contribution in [-0.2, 0) is 0 Å². The number of alkyl halides is 3. The van der Waals surface area contributed by atoms with Crippen molar-refractivity contribution in [3.05, 3.63) is 0 Å². The molecule has 0 aromatic carbocycles. The number of thioether (sulfide) groups is 1. The summed E-state index contributed by atoms with van der Waals surface area (Å²) in [4.78, 5) is 0. The molecule has 0 saturated carbocycles. The molecule has 0 spiro atoms. The normalized spacial score (nSPS) is 23.6. The van der Waals surface area contributed by atoms with Gasteiger partial charge in [0, 0.05) is 11.8 Å². The molecular weight excluding hydrogens is 235 g/mol. The summed E-state index contributed by atoms with van der Waals surface area (Å²) in [6.07, 6.45) is -0.646. The van der Waals surface area contributed by atoms with E-state index >= 15 is 0 Å². The van der Waals surface area contributed by atoms with Crippen LogP contribution in [0.1, 0.15) is 32.6 Å². The maximum Gasteiger partial charge on any atom is 0.391 e. The van der Waals surface area contributed by atoms with Crippen molar-refractivity contribution in [3.63, 3.8) is 0 Å². The van der Waals surface area contributed by atoms with Crippen LogP contribution in [0.2, 0.25) is 0 Å². The standard InChI is InChI=1S/C11H20F3NS/c1-9(11(12,13)14)4-3-7-16-8-10-5-2-6-15-10/h9-10,15H,2-8H2,1H3/t9?,10-/m0/s1. The van der Waals surface area contributed by atoms with Gasteiger partial charge in [-0.05, 0) is 38.0 Å². The van der Waals surface area contributed by atoms with Gasteiger partial charge in [-0.1, -0.05) is 6.92 Å². The highest BCUT2D eigenvalue weighted by Crippen LogP contribution is 2.29. The van der Waals surface area contributed by atoms with E-state index < -0.39 is 12.1 Å². The highest BCUT2D eigenvalue weighted by atomic mass is 32.2.